The van der Waals surface area contributed by atoms with Crippen LogP contribution in [0.2, 0.25) is 0 Å². The fourth-order valence-electron chi connectivity index (χ4n) is 4.71. The summed E-state index contributed by atoms with van der Waals surface area (Å²) in [6.07, 6.45) is 5.95. The van der Waals surface area contributed by atoms with Crippen LogP contribution in [-0.4, -0.2) is 30.0 Å². The Labute approximate surface area is 114 Å². The number of rotatable bonds is 3. The lowest BCUT2D eigenvalue weighted by molar-refractivity contribution is -0.160. The second kappa shape index (κ2) is 4.38. The SMILES string of the molecule is COC12CC3CC(C1)C(NC(=O)C(C)Cl)C(C3)C2. The van der Waals surface area contributed by atoms with Crippen LogP contribution in [0.4, 0.5) is 0 Å². The fourth-order valence-corrected chi connectivity index (χ4v) is 4.78. The predicted molar refractivity (Wildman–Crippen MR) is 70.5 cm³/mol. The van der Waals surface area contributed by atoms with Gasteiger partial charge in [0.1, 0.15) is 5.38 Å². The van der Waals surface area contributed by atoms with Crippen molar-refractivity contribution in [3.8, 4) is 0 Å². The molecule has 3 nitrogen and oxygen atoms in total. The molecule has 0 spiro atoms. The molecule has 4 saturated carbocycles. The molecule has 1 amide bonds. The number of amides is 1. The minimum atomic E-state index is -0.432. The van der Waals surface area contributed by atoms with Gasteiger partial charge >= 0.3 is 0 Å². The van der Waals surface area contributed by atoms with Crippen LogP contribution in [0.5, 0.6) is 0 Å². The van der Waals surface area contributed by atoms with Crippen molar-refractivity contribution in [3.63, 3.8) is 0 Å². The van der Waals surface area contributed by atoms with Crippen LogP contribution in [0, 0.1) is 17.8 Å². The van der Waals surface area contributed by atoms with Gasteiger partial charge < -0.3 is 10.1 Å². The summed E-state index contributed by atoms with van der Waals surface area (Å²) >= 11 is 5.86. The summed E-state index contributed by atoms with van der Waals surface area (Å²) in [5.74, 6) is 1.98. The van der Waals surface area contributed by atoms with E-state index in [4.69, 9.17) is 16.3 Å². The molecule has 0 radical (unpaired) electrons. The molecule has 4 aliphatic carbocycles. The fraction of sp³-hybridized carbons (Fsp3) is 0.929. The van der Waals surface area contributed by atoms with Gasteiger partial charge in [0.05, 0.1) is 5.60 Å². The van der Waals surface area contributed by atoms with Crippen molar-refractivity contribution in [1.82, 2.24) is 5.32 Å². The molecule has 0 heterocycles. The number of ether oxygens (including phenoxy) is 1. The average molecular weight is 272 g/mol. The van der Waals surface area contributed by atoms with E-state index in [1.165, 1.54) is 19.3 Å². The van der Waals surface area contributed by atoms with Crippen molar-refractivity contribution < 1.29 is 9.53 Å². The number of hydrogen-bond acceptors (Lipinski definition) is 2. The first-order valence-electron chi connectivity index (χ1n) is 7.02. The molecular weight excluding hydrogens is 250 g/mol. The van der Waals surface area contributed by atoms with E-state index >= 15 is 0 Å². The monoisotopic (exact) mass is 271 g/mol. The molecule has 3 unspecified atom stereocenters. The summed E-state index contributed by atoms with van der Waals surface area (Å²) in [5.41, 5.74) is 0.115. The van der Waals surface area contributed by atoms with Gasteiger partial charge in [-0.05, 0) is 56.8 Å². The molecule has 4 heteroatoms. The Morgan fingerprint density at radius 3 is 2.44 bits per heavy atom. The maximum Gasteiger partial charge on any atom is 0.238 e. The first-order valence-corrected chi connectivity index (χ1v) is 7.46. The van der Waals surface area contributed by atoms with E-state index in [1.807, 2.05) is 7.11 Å². The highest BCUT2D eigenvalue weighted by atomic mass is 35.5. The summed E-state index contributed by atoms with van der Waals surface area (Å²) in [4.78, 5) is 11.8. The van der Waals surface area contributed by atoms with E-state index in [9.17, 15) is 4.79 Å². The Bertz CT molecular complexity index is 342. The lowest BCUT2D eigenvalue weighted by Crippen LogP contribution is -2.62. The van der Waals surface area contributed by atoms with Gasteiger partial charge in [-0.2, -0.15) is 0 Å². The van der Waals surface area contributed by atoms with Crippen LogP contribution in [0.25, 0.3) is 0 Å². The van der Waals surface area contributed by atoms with Crippen LogP contribution >= 0.6 is 11.6 Å². The molecule has 102 valence electrons. The lowest BCUT2D eigenvalue weighted by atomic mass is 9.52. The van der Waals surface area contributed by atoms with Crippen molar-refractivity contribution in [1.29, 1.82) is 0 Å². The highest BCUT2D eigenvalue weighted by Crippen LogP contribution is 2.56. The van der Waals surface area contributed by atoms with Crippen LogP contribution in [0.1, 0.15) is 39.0 Å². The van der Waals surface area contributed by atoms with Gasteiger partial charge in [-0.15, -0.1) is 11.6 Å². The third-order valence-corrected chi connectivity index (χ3v) is 5.52. The minimum Gasteiger partial charge on any atom is -0.378 e. The third kappa shape index (κ3) is 1.96. The number of methoxy groups -OCH3 is 1. The molecule has 4 rings (SSSR count). The van der Waals surface area contributed by atoms with Gasteiger partial charge in [-0.3, -0.25) is 4.79 Å². The van der Waals surface area contributed by atoms with Crippen LogP contribution in [0.15, 0.2) is 0 Å². The number of alkyl halides is 1. The molecule has 0 aromatic heterocycles. The zero-order chi connectivity index (χ0) is 12.9. The van der Waals surface area contributed by atoms with E-state index in [2.05, 4.69) is 5.32 Å². The quantitative estimate of drug-likeness (QED) is 0.800. The number of nitrogens with one attached hydrogen (secondary N) is 1. The summed E-state index contributed by atoms with van der Waals surface area (Å²) in [7, 11) is 1.85. The van der Waals surface area contributed by atoms with E-state index in [0.717, 1.165) is 18.8 Å². The highest BCUT2D eigenvalue weighted by Gasteiger charge is 2.56. The summed E-state index contributed by atoms with van der Waals surface area (Å²) in [6, 6.07) is 0.332. The van der Waals surface area contributed by atoms with Gasteiger partial charge in [0, 0.05) is 13.2 Å². The van der Waals surface area contributed by atoms with Gasteiger partial charge in [0.15, 0.2) is 0 Å². The van der Waals surface area contributed by atoms with Crippen LogP contribution < -0.4 is 5.32 Å². The number of halogens is 1. The van der Waals surface area contributed by atoms with Gasteiger partial charge in [-0.1, -0.05) is 0 Å². The van der Waals surface area contributed by atoms with E-state index in [1.54, 1.807) is 6.92 Å². The Balaban J connectivity index is 1.74. The first-order chi connectivity index (χ1) is 8.53. The zero-order valence-electron chi connectivity index (χ0n) is 11.1. The van der Waals surface area contributed by atoms with Gasteiger partial charge in [0.2, 0.25) is 5.91 Å². The number of carbonyl (C=O) groups is 1. The Morgan fingerprint density at radius 1 is 1.33 bits per heavy atom. The van der Waals surface area contributed by atoms with E-state index in [-0.39, 0.29) is 11.5 Å². The summed E-state index contributed by atoms with van der Waals surface area (Å²) in [5, 5.41) is 2.74. The van der Waals surface area contributed by atoms with E-state index in [0.29, 0.717) is 17.9 Å². The minimum absolute atomic E-state index is 0.0133. The molecule has 1 N–H and O–H groups in total. The summed E-state index contributed by atoms with van der Waals surface area (Å²) < 4.78 is 5.81. The van der Waals surface area contributed by atoms with Crippen LogP contribution in [-0.2, 0) is 9.53 Å². The number of carbonyl (C=O) groups excluding carboxylic acids is 1. The molecular formula is C14H22ClNO2. The summed E-state index contributed by atoms with van der Waals surface area (Å²) in [6.45, 7) is 1.74. The normalized spacial score (nSPS) is 47.1. The van der Waals surface area contributed by atoms with Crippen molar-refractivity contribution in [2.75, 3.05) is 7.11 Å². The van der Waals surface area contributed by atoms with Crippen molar-refractivity contribution in [2.24, 2.45) is 17.8 Å². The molecule has 4 aliphatic rings. The van der Waals surface area contributed by atoms with Crippen LogP contribution in [0.3, 0.4) is 0 Å². The van der Waals surface area contributed by atoms with Crippen molar-refractivity contribution in [3.05, 3.63) is 0 Å². The Morgan fingerprint density at radius 2 is 1.94 bits per heavy atom. The zero-order valence-corrected chi connectivity index (χ0v) is 11.9. The highest BCUT2D eigenvalue weighted by molar-refractivity contribution is 6.30. The largest absolute Gasteiger partial charge is 0.378 e. The Hall–Kier alpha value is -0.280. The third-order valence-electron chi connectivity index (χ3n) is 5.32. The van der Waals surface area contributed by atoms with E-state index < -0.39 is 5.38 Å². The molecule has 18 heavy (non-hydrogen) atoms. The maximum atomic E-state index is 11.8. The molecule has 0 aliphatic heterocycles. The first kappa shape index (κ1) is 12.7. The van der Waals surface area contributed by atoms with Crippen molar-refractivity contribution >= 4 is 17.5 Å². The molecule has 4 fully saturated rings. The maximum absolute atomic E-state index is 11.8. The van der Waals surface area contributed by atoms with Gasteiger partial charge in [-0.25, -0.2) is 0 Å². The number of hydrogen-bond donors (Lipinski definition) is 1. The topological polar surface area (TPSA) is 38.3 Å². The average Bonchev–Trinajstić information content (AvgIpc) is 2.32. The molecule has 3 atom stereocenters. The standard InChI is InChI=1S/C14H22ClNO2/c1-8(15)13(17)16-12-10-3-9-4-11(12)7-14(5-9,6-10)18-2/h8-12H,3-7H2,1-2H3,(H,16,17). The second-order valence-corrected chi connectivity index (χ2v) is 7.16. The Kier molecular flexibility index (Phi) is 3.10. The molecule has 4 bridgehead atoms. The van der Waals surface area contributed by atoms with Crippen molar-refractivity contribution in [2.45, 2.75) is 56.0 Å². The lowest BCUT2D eigenvalue weighted by Gasteiger charge is -2.59. The van der Waals surface area contributed by atoms with Gasteiger partial charge in [0.25, 0.3) is 0 Å². The molecule has 0 saturated heterocycles. The molecule has 0 aromatic carbocycles. The second-order valence-electron chi connectivity index (χ2n) is 6.51. The molecule has 0 aromatic rings. The predicted octanol–water partition coefficient (Wildman–Crippen LogP) is 2.32. The smallest absolute Gasteiger partial charge is 0.238 e.